The van der Waals surface area contributed by atoms with Crippen LogP contribution in [0.15, 0.2) is 57.7 Å². The van der Waals surface area contributed by atoms with E-state index in [0.29, 0.717) is 45.9 Å². The number of benzene rings is 2. The molecule has 1 saturated heterocycles. The highest BCUT2D eigenvalue weighted by molar-refractivity contribution is 6.00. The molecule has 2 aromatic carbocycles. The van der Waals surface area contributed by atoms with Gasteiger partial charge in [0.15, 0.2) is 5.58 Å². The zero-order valence-electron chi connectivity index (χ0n) is 17.2. The van der Waals surface area contributed by atoms with Crippen LogP contribution in [0.1, 0.15) is 10.4 Å². The van der Waals surface area contributed by atoms with Crippen LogP contribution >= 0.6 is 0 Å². The van der Waals surface area contributed by atoms with Crippen molar-refractivity contribution >= 4 is 16.9 Å². The lowest BCUT2D eigenvalue weighted by Gasteiger charge is -2.26. The zero-order chi connectivity index (χ0) is 21.9. The number of rotatable bonds is 6. The van der Waals surface area contributed by atoms with Gasteiger partial charge in [0, 0.05) is 37.3 Å². The molecule has 1 amide bonds. The first-order valence-corrected chi connectivity index (χ1v) is 10.4. The van der Waals surface area contributed by atoms with E-state index in [1.54, 1.807) is 30.3 Å². The van der Waals surface area contributed by atoms with Crippen LogP contribution in [0.4, 0.5) is 4.39 Å². The van der Waals surface area contributed by atoms with E-state index in [0.717, 1.165) is 32.8 Å². The van der Waals surface area contributed by atoms with Gasteiger partial charge in [0.2, 0.25) is 5.89 Å². The predicted molar refractivity (Wildman–Crippen MR) is 114 cm³/mol. The average molecular weight is 436 g/mol. The summed E-state index contributed by atoms with van der Waals surface area (Å²) < 4.78 is 29.4. The van der Waals surface area contributed by atoms with Gasteiger partial charge in [0.05, 0.1) is 18.6 Å². The summed E-state index contributed by atoms with van der Waals surface area (Å²) in [6.07, 6.45) is 1.46. The fourth-order valence-electron chi connectivity index (χ4n) is 3.63. The first kappa shape index (κ1) is 20.3. The van der Waals surface area contributed by atoms with Crippen molar-refractivity contribution in [2.24, 2.45) is 0 Å². The number of morpholine rings is 1. The molecule has 0 saturated carbocycles. The summed E-state index contributed by atoms with van der Waals surface area (Å²) in [4.78, 5) is 19.4. The van der Waals surface area contributed by atoms with E-state index in [9.17, 15) is 9.18 Å². The quantitative estimate of drug-likeness (QED) is 0.495. The van der Waals surface area contributed by atoms with Crippen molar-refractivity contribution in [2.75, 3.05) is 39.4 Å². The smallest absolute Gasteiger partial charge is 0.251 e. The van der Waals surface area contributed by atoms with E-state index in [-0.39, 0.29) is 11.7 Å². The van der Waals surface area contributed by atoms with Gasteiger partial charge in [-0.15, -0.1) is 0 Å². The van der Waals surface area contributed by atoms with Gasteiger partial charge in [-0.25, -0.2) is 9.37 Å². The summed E-state index contributed by atoms with van der Waals surface area (Å²) >= 11 is 0. The molecule has 1 aliphatic rings. The van der Waals surface area contributed by atoms with Crippen molar-refractivity contribution in [2.45, 2.75) is 0 Å². The van der Waals surface area contributed by atoms with E-state index in [1.165, 1.54) is 18.4 Å². The van der Waals surface area contributed by atoms with Crippen LogP contribution in [0.25, 0.3) is 33.8 Å². The number of carbonyl (C=O) groups excluding carboxylic acids is 1. The second-order valence-electron chi connectivity index (χ2n) is 7.50. The molecule has 0 bridgehead atoms. The maximum absolute atomic E-state index is 13.2. The van der Waals surface area contributed by atoms with Gasteiger partial charge in [-0.05, 0) is 42.5 Å². The first-order chi connectivity index (χ1) is 15.7. The van der Waals surface area contributed by atoms with Gasteiger partial charge in [-0.1, -0.05) is 5.16 Å². The normalized spacial score (nSPS) is 14.7. The highest BCUT2D eigenvalue weighted by atomic mass is 19.1. The highest BCUT2D eigenvalue weighted by Crippen LogP contribution is 2.30. The van der Waals surface area contributed by atoms with Crippen LogP contribution in [-0.4, -0.2) is 60.3 Å². The second-order valence-corrected chi connectivity index (χ2v) is 7.50. The zero-order valence-corrected chi connectivity index (χ0v) is 17.2. The number of amides is 1. The summed E-state index contributed by atoms with van der Waals surface area (Å²) in [6, 6.07) is 11.0. The Kier molecular flexibility index (Phi) is 5.66. The molecular weight excluding hydrogens is 415 g/mol. The Hall–Kier alpha value is -3.56. The molecule has 1 N–H and O–H groups in total. The van der Waals surface area contributed by atoms with Crippen LogP contribution in [0, 0.1) is 5.82 Å². The second kappa shape index (κ2) is 8.89. The van der Waals surface area contributed by atoms with E-state index in [1.807, 2.05) is 0 Å². The number of aromatic nitrogens is 2. The molecule has 1 fully saturated rings. The molecule has 3 heterocycles. The average Bonchev–Trinajstić information content (AvgIpc) is 3.47. The van der Waals surface area contributed by atoms with Crippen LogP contribution in [-0.2, 0) is 4.74 Å². The number of oxazole rings is 1. The third-order valence-electron chi connectivity index (χ3n) is 5.39. The first-order valence-electron chi connectivity index (χ1n) is 10.4. The Bertz CT molecular complexity index is 1230. The molecule has 4 aromatic rings. The minimum Gasteiger partial charge on any atom is -0.444 e. The lowest BCUT2D eigenvalue weighted by Crippen LogP contribution is -2.41. The third kappa shape index (κ3) is 4.25. The topological polar surface area (TPSA) is 93.6 Å². The van der Waals surface area contributed by atoms with Crippen molar-refractivity contribution in [3.63, 3.8) is 0 Å². The van der Waals surface area contributed by atoms with E-state index < -0.39 is 0 Å². The van der Waals surface area contributed by atoms with Gasteiger partial charge in [-0.2, -0.15) is 0 Å². The molecule has 164 valence electrons. The maximum Gasteiger partial charge on any atom is 0.251 e. The van der Waals surface area contributed by atoms with E-state index in [4.69, 9.17) is 13.7 Å². The van der Waals surface area contributed by atoms with Crippen LogP contribution in [0.3, 0.4) is 0 Å². The Labute approximate surface area is 183 Å². The van der Waals surface area contributed by atoms with Crippen molar-refractivity contribution < 1.29 is 22.9 Å². The molecule has 0 aliphatic carbocycles. The SMILES string of the molecule is O=C(NCCN1CCOCC1)c1ccc2onc(-c3coc(-c4ccc(F)cc4)n3)c2c1. The maximum atomic E-state index is 13.2. The molecule has 0 radical (unpaired) electrons. The predicted octanol–water partition coefficient (Wildman–Crippen LogP) is 3.35. The largest absolute Gasteiger partial charge is 0.444 e. The van der Waals surface area contributed by atoms with E-state index in [2.05, 4.69) is 20.4 Å². The van der Waals surface area contributed by atoms with Crippen LogP contribution in [0.5, 0.6) is 0 Å². The van der Waals surface area contributed by atoms with Gasteiger partial charge in [0.25, 0.3) is 5.91 Å². The summed E-state index contributed by atoms with van der Waals surface area (Å²) in [5, 5.41) is 7.72. The molecule has 9 heteroatoms. The van der Waals surface area contributed by atoms with E-state index >= 15 is 0 Å². The van der Waals surface area contributed by atoms with Crippen LogP contribution < -0.4 is 5.32 Å². The minimum absolute atomic E-state index is 0.167. The molecule has 0 spiro atoms. The minimum atomic E-state index is -0.334. The number of carbonyl (C=O) groups is 1. The lowest BCUT2D eigenvalue weighted by atomic mass is 10.1. The van der Waals surface area contributed by atoms with Gasteiger partial charge in [-0.3, -0.25) is 9.69 Å². The van der Waals surface area contributed by atoms with Gasteiger partial charge in [0.1, 0.15) is 23.5 Å². The van der Waals surface area contributed by atoms with Crippen molar-refractivity contribution in [1.29, 1.82) is 0 Å². The van der Waals surface area contributed by atoms with Gasteiger partial charge < -0.3 is 19.0 Å². The molecule has 32 heavy (non-hydrogen) atoms. The summed E-state index contributed by atoms with van der Waals surface area (Å²) in [5.41, 5.74) is 2.63. The molecule has 0 atom stereocenters. The third-order valence-corrected chi connectivity index (χ3v) is 5.39. The Morgan fingerprint density at radius 2 is 1.94 bits per heavy atom. The standard InChI is InChI=1S/C23H21FN4O4/c24-17-4-1-15(2-5-17)23-26-19(14-31-23)21-18-13-16(3-6-20(18)32-27-21)22(29)25-7-8-28-9-11-30-12-10-28/h1-6,13-14H,7-12H2,(H,25,29). The van der Waals surface area contributed by atoms with Gasteiger partial charge >= 0.3 is 0 Å². The Morgan fingerprint density at radius 3 is 2.75 bits per heavy atom. The number of nitrogens with zero attached hydrogens (tertiary/aromatic N) is 3. The number of nitrogens with one attached hydrogen (secondary N) is 1. The summed E-state index contributed by atoms with van der Waals surface area (Å²) in [6.45, 7) is 4.54. The molecular formula is C23H21FN4O4. The molecule has 8 nitrogen and oxygen atoms in total. The number of hydrogen-bond acceptors (Lipinski definition) is 7. The highest BCUT2D eigenvalue weighted by Gasteiger charge is 2.18. The lowest BCUT2D eigenvalue weighted by molar-refractivity contribution is 0.0383. The summed E-state index contributed by atoms with van der Waals surface area (Å²) in [5.74, 6) is -0.161. The van der Waals surface area contributed by atoms with Crippen LogP contribution in [0.2, 0.25) is 0 Å². The summed E-state index contributed by atoms with van der Waals surface area (Å²) in [7, 11) is 0. The fraction of sp³-hybridized carbons (Fsp3) is 0.261. The fourth-order valence-corrected chi connectivity index (χ4v) is 3.63. The molecule has 2 aromatic heterocycles. The molecule has 1 aliphatic heterocycles. The number of hydrogen-bond donors (Lipinski definition) is 1. The number of halogens is 1. The molecule has 5 rings (SSSR count). The monoisotopic (exact) mass is 436 g/mol. The van der Waals surface area contributed by atoms with Crippen molar-refractivity contribution in [3.05, 3.63) is 60.1 Å². The number of ether oxygens (including phenoxy) is 1. The molecule has 0 unspecified atom stereocenters. The Balaban J connectivity index is 1.32. The van der Waals surface area contributed by atoms with Crippen molar-refractivity contribution in [1.82, 2.24) is 20.4 Å². The Morgan fingerprint density at radius 1 is 1.12 bits per heavy atom. The number of fused-ring (bicyclic) bond motifs is 1. The van der Waals surface area contributed by atoms with Crippen molar-refractivity contribution in [3.8, 4) is 22.8 Å².